The quantitative estimate of drug-likeness (QED) is 0.728. The summed E-state index contributed by atoms with van der Waals surface area (Å²) in [7, 11) is 0. The van der Waals surface area contributed by atoms with E-state index in [1.807, 2.05) is 36.9 Å². The van der Waals surface area contributed by atoms with Crippen molar-refractivity contribution in [1.29, 1.82) is 0 Å². The van der Waals surface area contributed by atoms with Gasteiger partial charge in [0.1, 0.15) is 6.54 Å². The number of benzene rings is 2. The van der Waals surface area contributed by atoms with Crippen molar-refractivity contribution in [2.24, 2.45) is 0 Å². The van der Waals surface area contributed by atoms with E-state index in [4.69, 9.17) is 0 Å². The third-order valence-electron chi connectivity index (χ3n) is 5.29. The van der Waals surface area contributed by atoms with Crippen LogP contribution in [0.15, 0.2) is 71.7 Å². The van der Waals surface area contributed by atoms with Gasteiger partial charge >= 0.3 is 0 Å². The number of amides is 2. The zero-order valence-corrected chi connectivity index (χ0v) is 17.0. The number of rotatable bonds is 4. The number of para-hydroxylation sites is 1. The number of carbonyl (C=O) groups excluding carboxylic acids is 2. The zero-order chi connectivity index (χ0) is 21.3. The van der Waals surface area contributed by atoms with Crippen LogP contribution in [0.2, 0.25) is 0 Å². The molecule has 1 aliphatic heterocycles. The van der Waals surface area contributed by atoms with Gasteiger partial charge in [0.25, 0.3) is 11.5 Å². The Morgan fingerprint density at radius 2 is 1.77 bits per heavy atom. The molecule has 152 valence electrons. The number of fused-ring (bicyclic) bond motifs is 1. The zero-order valence-electron chi connectivity index (χ0n) is 17.0. The minimum absolute atomic E-state index is 0.0587. The van der Waals surface area contributed by atoms with Gasteiger partial charge in [-0.3, -0.25) is 14.4 Å². The summed E-state index contributed by atoms with van der Waals surface area (Å²) in [6.07, 6.45) is 2.49. The Hall–Kier alpha value is -3.67. The number of carbonyl (C=O) groups is 2. The topological polar surface area (TPSA) is 71.4 Å². The molecule has 1 aromatic heterocycles. The number of aromatic nitrogens is 1. The van der Waals surface area contributed by atoms with Crippen LogP contribution in [0.25, 0.3) is 0 Å². The highest BCUT2D eigenvalue weighted by Crippen LogP contribution is 2.33. The Bertz CT molecular complexity index is 1160. The highest BCUT2D eigenvalue weighted by atomic mass is 16.2. The number of nitrogens with zero attached hydrogens (tertiary/aromatic N) is 2. The number of aryl methyl sites for hydroxylation is 1. The van der Waals surface area contributed by atoms with Crippen LogP contribution in [-0.2, 0) is 17.8 Å². The first-order valence-corrected chi connectivity index (χ1v) is 9.91. The molecule has 0 fully saturated rings. The molecule has 0 aliphatic carbocycles. The normalized spacial score (nSPS) is 15.0. The molecule has 1 atom stereocenters. The van der Waals surface area contributed by atoms with Crippen LogP contribution >= 0.6 is 0 Å². The Balaban J connectivity index is 1.45. The van der Waals surface area contributed by atoms with E-state index in [1.165, 1.54) is 16.2 Å². The van der Waals surface area contributed by atoms with Crippen molar-refractivity contribution in [1.82, 2.24) is 4.57 Å². The van der Waals surface area contributed by atoms with E-state index >= 15 is 0 Å². The molecule has 6 heteroatoms. The molecule has 4 rings (SSSR count). The largest absolute Gasteiger partial charge is 0.325 e. The van der Waals surface area contributed by atoms with Gasteiger partial charge in [-0.25, -0.2) is 0 Å². The summed E-state index contributed by atoms with van der Waals surface area (Å²) in [5.74, 6) is -0.361. The highest BCUT2D eigenvalue weighted by molar-refractivity contribution is 6.08. The van der Waals surface area contributed by atoms with E-state index < -0.39 is 0 Å². The van der Waals surface area contributed by atoms with Crippen molar-refractivity contribution >= 4 is 23.2 Å². The maximum atomic E-state index is 13.1. The lowest BCUT2D eigenvalue weighted by molar-refractivity contribution is -0.116. The van der Waals surface area contributed by atoms with E-state index in [0.29, 0.717) is 11.3 Å². The summed E-state index contributed by atoms with van der Waals surface area (Å²) in [6.45, 7) is 3.84. The number of anilines is 2. The van der Waals surface area contributed by atoms with Crippen molar-refractivity contribution < 1.29 is 9.59 Å². The standard InChI is InChI=1S/C24H23N3O3/c1-16-7-12-23(29)26(14-16)15-22(28)25-20-10-8-18(9-11-20)24(30)27-17(2)13-19-5-3-4-6-21(19)27/h3-12,14,17H,13,15H2,1-2H3,(H,25,28). The summed E-state index contributed by atoms with van der Waals surface area (Å²) >= 11 is 0. The molecule has 1 N–H and O–H groups in total. The second-order valence-corrected chi connectivity index (χ2v) is 7.66. The number of hydrogen-bond donors (Lipinski definition) is 1. The maximum Gasteiger partial charge on any atom is 0.258 e. The van der Waals surface area contributed by atoms with Gasteiger partial charge in [-0.1, -0.05) is 24.3 Å². The Morgan fingerprint density at radius 3 is 2.53 bits per heavy atom. The summed E-state index contributed by atoms with van der Waals surface area (Å²) in [4.78, 5) is 39.1. The smallest absolute Gasteiger partial charge is 0.258 e. The molecule has 3 aromatic rings. The fraction of sp³-hybridized carbons (Fsp3) is 0.208. The Labute approximate surface area is 174 Å². The van der Waals surface area contributed by atoms with Gasteiger partial charge in [-0.05, 0) is 61.7 Å². The molecule has 2 heterocycles. The van der Waals surface area contributed by atoms with Gasteiger partial charge in [0, 0.05) is 35.2 Å². The van der Waals surface area contributed by atoms with E-state index in [9.17, 15) is 14.4 Å². The number of nitrogens with one attached hydrogen (secondary N) is 1. The van der Waals surface area contributed by atoms with Crippen LogP contribution in [-0.4, -0.2) is 22.4 Å². The number of hydrogen-bond acceptors (Lipinski definition) is 3. The SMILES string of the molecule is Cc1ccc(=O)n(CC(=O)Nc2ccc(C(=O)N3c4ccccc4CC3C)cc2)c1. The average Bonchev–Trinajstić information content (AvgIpc) is 3.06. The molecule has 0 radical (unpaired) electrons. The molecule has 6 nitrogen and oxygen atoms in total. The molecule has 2 aromatic carbocycles. The van der Waals surface area contributed by atoms with Crippen LogP contribution in [0.5, 0.6) is 0 Å². The van der Waals surface area contributed by atoms with Crippen LogP contribution in [0.1, 0.15) is 28.4 Å². The summed E-state index contributed by atoms with van der Waals surface area (Å²) in [6, 6.07) is 18.0. The molecular weight excluding hydrogens is 378 g/mol. The lowest BCUT2D eigenvalue weighted by atomic mass is 10.1. The van der Waals surface area contributed by atoms with E-state index in [1.54, 1.807) is 36.5 Å². The lowest BCUT2D eigenvalue weighted by Gasteiger charge is -2.23. The van der Waals surface area contributed by atoms with Crippen molar-refractivity contribution in [2.45, 2.75) is 32.9 Å². The first kappa shape index (κ1) is 19.6. The first-order chi connectivity index (χ1) is 14.4. The van der Waals surface area contributed by atoms with Gasteiger partial charge in [-0.2, -0.15) is 0 Å². The van der Waals surface area contributed by atoms with Gasteiger partial charge in [0.15, 0.2) is 0 Å². The van der Waals surface area contributed by atoms with Crippen LogP contribution in [0, 0.1) is 6.92 Å². The minimum atomic E-state index is -0.302. The van der Waals surface area contributed by atoms with Crippen LogP contribution in [0.4, 0.5) is 11.4 Å². The van der Waals surface area contributed by atoms with E-state index in [0.717, 1.165) is 17.7 Å². The predicted octanol–water partition coefficient (Wildman–Crippen LogP) is 3.39. The second kappa shape index (κ2) is 7.99. The van der Waals surface area contributed by atoms with Crippen molar-refractivity contribution in [3.8, 4) is 0 Å². The summed E-state index contributed by atoms with van der Waals surface area (Å²) in [5, 5.41) is 2.77. The summed E-state index contributed by atoms with van der Waals surface area (Å²) in [5.41, 5.74) is 3.95. The lowest BCUT2D eigenvalue weighted by Crippen LogP contribution is -2.35. The predicted molar refractivity (Wildman–Crippen MR) is 117 cm³/mol. The molecule has 1 unspecified atom stereocenters. The van der Waals surface area contributed by atoms with Crippen molar-refractivity contribution in [3.05, 3.63) is 93.9 Å². The molecule has 1 aliphatic rings. The van der Waals surface area contributed by atoms with Gasteiger partial charge in [0.05, 0.1) is 0 Å². The van der Waals surface area contributed by atoms with E-state index in [2.05, 4.69) is 11.4 Å². The fourth-order valence-electron chi connectivity index (χ4n) is 3.84. The first-order valence-electron chi connectivity index (χ1n) is 9.91. The average molecular weight is 401 g/mol. The number of pyridine rings is 1. The maximum absolute atomic E-state index is 13.1. The van der Waals surface area contributed by atoms with Crippen molar-refractivity contribution in [3.63, 3.8) is 0 Å². The van der Waals surface area contributed by atoms with Crippen LogP contribution < -0.4 is 15.8 Å². The van der Waals surface area contributed by atoms with Crippen LogP contribution in [0.3, 0.4) is 0 Å². The third kappa shape index (κ3) is 3.89. The highest BCUT2D eigenvalue weighted by Gasteiger charge is 2.31. The summed E-state index contributed by atoms with van der Waals surface area (Å²) < 4.78 is 1.37. The monoisotopic (exact) mass is 401 g/mol. The molecule has 2 amide bonds. The molecule has 0 saturated heterocycles. The molecular formula is C24H23N3O3. The molecule has 0 spiro atoms. The molecule has 0 bridgehead atoms. The van der Waals surface area contributed by atoms with Gasteiger partial charge in [-0.15, -0.1) is 0 Å². The fourth-order valence-corrected chi connectivity index (χ4v) is 3.84. The third-order valence-corrected chi connectivity index (χ3v) is 5.29. The molecule has 0 saturated carbocycles. The van der Waals surface area contributed by atoms with E-state index in [-0.39, 0.29) is 30.0 Å². The van der Waals surface area contributed by atoms with Gasteiger partial charge in [0.2, 0.25) is 5.91 Å². The molecule has 30 heavy (non-hydrogen) atoms. The Kier molecular flexibility index (Phi) is 5.23. The second-order valence-electron chi connectivity index (χ2n) is 7.66. The van der Waals surface area contributed by atoms with Crippen molar-refractivity contribution in [2.75, 3.05) is 10.2 Å². The minimum Gasteiger partial charge on any atom is -0.325 e. The Morgan fingerprint density at radius 1 is 1.03 bits per heavy atom. The van der Waals surface area contributed by atoms with Gasteiger partial charge < -0.3 is 14.8 Å².